The van der Waals surface area contributed by atoms with Gasteiger partial charge in [0.25, 0.3) is 0 Å². The summed E-state index contributed by atoms with van der Waals surface area (Å²) < 4.78 is 12.6. The maximum atomic E-state index is 12.9. The van der Waals surface area contributed by atoms with Crippen molar-refractivity contribution < 1.29 is 13.9 Å². The topological polar surface area (TPSA) is 54.7 Å². The van der Waals surface area contributed by atoms with E-state index in [1.54, 1.807) is 0 Å². The van der Waals surface area contributed by atoms with Crippen LogP contribution in [0.4, 0.5) is 4.79 Å². The van der Waals surface area contributed by atoms with Gasteiger partial charge in [-0.3, -0.25) is 0 Å². The number of morpholine rings is 1. The number of benzene rings is 1. The first-order valence-corrected chi connectivity index (χ1v) is 9.94. The van der Waals surface area contributed by atoms with Gasteiger partial charge in [-0.05, 0) is 30.2 Å². The van der Waals surface area contributed by atoms with Gasteiger partial charge in [-0.25, -0.2) is 4.79 Å². The van der Waals surface area contributed by atoms with Gasteiger partial charge in [0.1, 0.15) is 17.6 Å². The summed E-state index contributed by atoms with van der Waals surface area (Å²) in [6.07, 6.45) is 1.82. The molecule has 0 spiro atoms. The Balaban J connectivity index is 1.42. The highest BCUT2D eigenvalue weighted by Gasteiger charge is 2.42. The average molecular weight is 419 g/mol. The summed E-state index contributed by atoms with van der Waals surface area (Å²) in [5.41, 5.74) is 1.26. The van der Waals surface area contributed by atoms with Gasteiger partial charge in [0.2, 0.25) is 0 Å². The van der Waals surface area contributed by atoms with E-state index in [0.29, 0.717) is 25.7 Å². The SMILES string of the molecule is CCc1ccc(C2COCCN2C(=O)NC2CC2c2ccccc2Br)o1. The van der Waals surface area contributed by atoms with E-state index in [9.17, 15) is 4.79 Å². The third-order valence-electron chi connectivity index (χ3n) is 5.15. The second-order valence-corrected chi connectivity index (χ2v) is 7.72. The highest BCUT2D eigenvalue weighted by atomic mass is 79.9. The molecule has 3 atom stereocenters. The van der Waals surface area contributed by atoms with Crippen molar-refractivity contribution in [1.82, 2.24) is 10.2 Å². The smallest absolute Gasteiger partial charge is 0.318 e. The molecule has 0 bridgehead atoms. The number of carbonyl (C=O) groups is 1. The number of ether oxygens (including phenoxy) is 1. The average Bonchev–Trinajstić information content (AvgIpc) is 3.25. The Kier molecular flexibility index (Phi) is 5.05. The van der Waals surface area contributed by atoms with Gasteiger partial charge in [-0.2, -0.15) is 0 Å². The summed E-state index contributed by atoms with van der Waals surface area (Å²) >= 11 is 3.60. The van der Waals surface area contributed by atoms with E-state index in [1.807, 2.05) is 35.2 Å². The Hall–Kier alpha value is -1.79. The van der Waals surface area contributed by atoms with Crippen LogP contribution in [0.15, 0.2) is 45.3 Å². The molecule has 1 N–H and O–H groups in total. The molecule has 2 amide bonds. The molecule has 1 aromatic heterocycles. The van der Waals surface area contributed by atoms with Crippen LogP contribution in [0.5, 0.6) is 0 Å². The fourth-order valence-corrected chi connectivity index (χ4v) is 4.14. The molecular weight excluding hydrogens is 396 g/mol. The molecule has 26 heavy (non-hydrogen) atoms. The summed E-state index contributed by atoms with van der Waals surface area (Å²) in [6.45, 7) is 3.66. The summed E-state index contributed by atoms with van der Waals surface area (Å²) in [6, 6.07) is 12.1. The number of carbonyl (C=O) groups excluding carboxylic acids is 1. The van der Waals surface area contributed by atoms with E-state index in [-0.39, 0.29) is 18.1 Å². The van der Waals surface area contributed by atoms with Gasteiger partial charge in [0, 0.05) is 29.4 Å². The van der Waals surface area contributed by atoms with Crippen molar-refractivity contribution in [2.24, 2.45) is 0 Å². The van der Waals surface area contributed by atoms with Crippen molar-refractivity contribution in [3.63, 3.8) is 0 Å². The van der Waals surface area contributed by atoms with Crippen molar-refractivity contribution in [3.05, 3.63) is 58.0 Å². The van der Waals surface area contributed by atoms with Crippen molar-refractivity contribution in [1.29, 1.82) is 0 Å². The zero-order valence-corrected chi connectivity index (χ0v) is 16.4. The van der Waals surface area contributed by atoms with E-state index in [1.165, 1.54) is 5.56 Å². The van der Waals surface area contributed by atoms with Crippen LogP contribution >= 0.6 is 15.9 Å². The number of hydrogen-bond donors (Lipinski definition) is 1. The first-order chi connectivity index (χ1) is 12.7. The molecule has 6 heteroatoms. The molecule has 1 saturated heterocycles. The van der Waals surface area contributed by atoms with Crippen molar-refractivity contribution >= 4 is 22.0 Å². The van der Waals surface area contributed by atoms with Crippen LogP contribution in [0.25, 0.3) is 0 Å². The van der Waals surface area contributed by atoms with Gasteiger partial charge >= 0.3 is 6.03 Å². The highest BCUT2D eigenvalue weighted by Crippen LogP contribution is 2.44. The number of amides is 2. The minimum Gasteiger partial charge on any atom is -0.464 e. The van der Waals surface area contributed by atoms with Crippen molar-refractivity contribution in [2.75, 3.05) is 19.8 Å². The molecule has 2 aromatic rings. The standard InChI is InChI=1S/C20H23BrN2O3/c1-2-13-7-8-19(26-13)18-12-25-10-9-23(18)20(24)22-17-11-15(17)14-5-3-4-6-16(14)21/h3-8,15,17-18H,2,9-12H2,1H3,(H,22,24). The molecule has 1 aliphatic heterocycles. The summed E-state index contributed by atoms with van der Waals surface area (Å²) in [7, 11) is 0. The lowest BCUT2D eigenvalue weighted by atomic mass is 10.1. The molecule has 138 valence electrons. The second-order valence-electron chi connectivity index (χ2n) is 6.86. The number of rotatable bonds is 4. The predicted molar refractivity (Wildman–Crippen MR) is 102 cm³/mol. The normalized spacial score (nSPS) is 25.2. The number of nitrogens with one attached hydrogen (secondary N) is 1. The molecule has 0 radical (unpaired) electrons. The quantitative estimate of drug-likeness (QED) is 0.807. The number of furan rings is 1. The Morgan fingerprint density at radius 1 is 1.31 bits per heavy atom. The maximum Gasteiger partial charge on any atom is 0.318 e. The van der Waals surface area contributed by atoms with E-state index >= 15 is 0 Å². The van der Waals surface area contributed by atoms with Crippen molar-refractivity contribution in [2.45, 2.75) is 37.8 Å². The van der Waals surface area contributed by atoms with Gasteiger partial charge in [0.05, 0.1) is 13.2 Å². The third kappa shape index (κ3) is 3.53. The van der Waals surface area contributed by atoms with E-state index < -0.39 is 0 Å². The number of aryl methyl sites for hydroxylation is 1. The van der Waals surface area contributed by atoms with E-state index in [2.05, 4.69) is 34.2 Å². The highest BCUT2D eigenvalue weighted by molar-refractivity contribution is 9.10. The molecular formula is C20H23BrN2O3. The largest absolute Gasteiger partial charge is 0.464 e. The fraction of sp³-hybridized carbons (Fsp3) is 0.450. The molecule has 2 aliphatic rings. The lowest BCUT2D eigenvalue weighted by molar-refractivity contribution is 0.00389. The third-order valence-corrected chi connectivity index (χ3v) is 5.87. The van der Waals surface area contributed by atoms with Crippen LogP contribution < -0.4 is 5.32 Å². The lowest BCUT2D eigenvalue weighted by Crippen LogP contribution is -2.48. The molecule has 4 rings (SSSR count). The van der Waals surface area contributed by atoms with Crippen LogP contribution in [0, 0.1) is 0 Å². The molecule has 2 heterocycles. The van der Waals surface area contributed by atoms with E-state index in [0.717, 1.165) is 28.8 Å². The zero-order chi connectivity index (χ0) is 18.1. The predicted octanol–water partition coefficient (Wildman–Crippen LogP) is 4.24. The zero-order valence-electron chi connectivity index (χ0n) is 14.8. The summed E-state index contributed by atoms with van der Waals surface area (Å²) in [4.78, 5) is 14.7. The van der Waals surface area contributed by atoms with Gasteiger partial charge in [-0.1, -0.05) is 41.1 Å². The number of nitrogens with zero attached hydrogens (tertiary/aromatic N) is 1. The summed E-state index contributed by atoms with van der Waals surface area (Å²) in [5.74, 6) is 2.11. The van der Waals surface area contributed by atoms with Crippen LogP contribution in [-0.2, 0) is 11.2 Å². The maximum absolute atomic E-state index is 12.9. The number of hydrogen-bond acceptors (Lipinski definition) is 3. The molecule has 5 nitrogen and oxygen atoms in total. The number of urea groups is 1. The monoisotopic (exact) mass is 418 g/mol. The molecule has 1 saturated carbocycles. The van der Waals surface area contributed by atoms with Crippen LogP contribution in [-0.4, -0.2) is 36.7 Å². The number of halogens is 1. The fourth-order valence-electron chi connectivity index (χ4n) is 3.56. The molecule has 3 unspecified atom stereocenters. The van der Waals surface area contributed by atoms with Crippen LogP contribution in [0.1, 0.15) is 42.4 Å². The summed E-state index contributed by atoms with van der Waals surface area (Å²) in [5, 5.41) is 3.19. The lowest BCUT2D eigenvalue weighted by Gasteiger charge is -2.34. The molecule has 1 aromatic carbocycles. The van der Waals surface area contributed by atoms with Gasteiger partial charge in [0.15, 0.2) is 0 Å². The van der Waals surface area contributed by atoms with Crippen molar-refractivity contribution in [3.8, 4) is 0 Å². The minimum atomic E-state index is -0.162. The second kappa shape index (κ2) is 7.45. The van der Waals surface area contributed by atoms with Gasteiger partial charge in [-0.15, -0.1) is 0 Å². The Morgan fingerprint density at radius 3 is 2.92 bits per heavy atom. The Bertz CT molecular complexity index is 791. The Morgan fingerprint density at radius 2 is 2.15 bits per heavy atom. The molecule has 1 aliphatic carbocycles. The van der Waals surface area contributed by atoms with Gasteiger partial charge < -0.3 is 19.4 Å². The first kappa shape index (κ1) is 17.6. The van der Waals surface area contributed by atoms with Crippen LogP contribution in [0.3, 0.4) is 0 Å². The Labute approximate surface area is 161 Å². The van der Waals surface area contributed by atoms with E-state index in [4.69, 9.17) is 9.15 Å². The van der Waals surface area contributed by atoms with Crippen LogP contribution in [0.2, 0.25) is 0 Å². The first-order valence-electron chi connectivity index (χ1n) is 9.15. The minimum absolute atomic E-state index is 0.0349. The molecule has 2 fully saturated rings.